The van der Waals surface area contributed by atoms with Crippen LogP contribution in [0.3, 0.4) is 0 Å². The highest BCUT2D eigenvalue weighted by atomic mass is 79.9. The van der Waals surface area contributed by atoms with Gasteiger partial charge in [-0.3, -0.25) is 4.90 Å². The number of rotatable bonds is 5. The average molecular weight is 331 g/mol. The second-order valence-electron chi connectivity index (χ2n) is 4.97. The standard InChI is InChI=1S/C14H20BrFN2O/c1-11(10-18-2-4-19-5-3-18)17-9-12-6-13(15)8-14(16)7-12/h6-8,11,17H,2-5,9-10H2,1H3. The molecule has 3 nitrogen and oxygen atoms in total. The van der Waals surface area contributed by atoms with Gasteiger partial charge in [-0.2, -0.15) is 0 Å². The van der Waals surface area contributed by atoms with E-state index in [0.29, 0.717) is 12.6 Å². The number of hydrogen-bond acceptors (Lipinski definition) is 3. The highest BCUT2D eigenvalue weighted by Crippen LogP contribution is 2.14. The van der Waals surface area contributed by atoms with Gasteiger partial charge in [-0.1, -0.05) is 15.9 Å². The average Bonchev–Trinajstić information content (AvgIpc) is 2.36. The van der Waals surface area contributed by atoms with E-state index in [-0.39, 0.29) is 5.82 Å². The monoisotopic (exact) mass is 330 g/mol. The van der Waals surface area contributed by atoms with Gasteiger partial charge in [0.2, 0.25) is 0 Å². The van der Waals surface area contributed by atoms with Crippen molar-refractivity contribution in [2.45, 2.75) is 19.5 Å². The van der Waals surface area contributed by atoms with Gasteiger partial charge < -0.3 is 10.1 Å². The zero-order valence-electron chi connectivity index (χ0n) is 11.2. The van der Waals surface area contributed by atoms with Gasteiger partial charge >= 0.3 is 0 Å². The third-order valence-electron chi connectivity index (χ3n) is 3.21. The van der Waals surface area contributed by atoms with Crippen LogP contribution in [0.4, 0.5) is 4.39 Å². The summed E-state index contributed by atoms with van der Waals surface area (Å²) in [5.41, 5.74) is 0.959. The number of nitrogens with one attached hydrogen (secondary N) is 1. The van der Waals surface area contributed by atoms with E-state index in [1.807, 2.05) is 6.07 Å². The summed E-state index contributed by atoms with van der Waals surface area (Å²) < 4.78 is 19.4. The largest absolute Gasteiger partial charge is 0.379 e. The Morgan fingerprint density at radius 1 is 1.37 bits per heavy atom. The summed E-state index contributed by atoms with van der Waals surface area (Å²) >= 11 is 3.31. The van der Waals surface area contributed by atoms with E-state index in [2.05, 4.69) is 33.1 Å². The minimum Gasteiger partial charge on any atom is -0.379 e. The fourth-order valence-electron chi connectivity index (χ4n) is 2.24. The SMILES string of the molecule is CC(CN1CCOCC1)NCc1cc(F)cc(Br)c1. The molecule has 1 saturated heterocycles. The van der Waals surface area contributed by atoms with Crippen molar-refractivity contribution in [2.75, 3.05) is 32.8 Å². The molecule has 0 bridgehead atoms. The van der Waals surface area contributed by atoms with Gasteiger partial charge in [-0.05, 0) is 30.7 Å². The molecule has 0 aliphatic carbocycles. The van der Waals surface area contributed by atoms with Crippen molar-refractivity contribution in [1.82, 2.24) is 10.2 Å². The summed E-state index contributed by atoms with van der Waals surface area (Å²) in [5.74, 6) is -0.202. The molecule has 1 atom stereocenters. The number of hydrogen-bond donors (Lipinski definition) is 1. The molecule has 1 heterocycles. The summed E-state index contributed by atoms with van der Waals surface area (Å²) in [6, 6.07) is 5.36. The molecule has 1 aromatic carbocycles. The maximum Gasteiger partial charge on any atom is 0.124 e. The maximum absolute atomic E-state index is 13.2. The van der Waals surface area contributed by atoms with Gasteiger partial charge in [0.25, 0.3) is 0 Å². The van der Waals surface area contributed by atoms with Crippen LogP contribution in [0, 0.1) is 5.82 Å². The number of ether oxygens (including phenoxy) is 1. The Kier molecular flexibility index (Phi) is 5.76. The van der Waals surface area contributed by atoms with Crippen LogP contribution in [-0.4, -0.2) is 43.8 Å². The molecule has 0 radical (unpaired) electrons. The first-order chi connectivity index (χ1) is 9.13. The Morgan fingerprint density at radius 3 is 2.79 bits per heavy atom. The van der Waals surface area contributed by atoms with Gasteiger partial charge in [0.15, 0.2) is 0 Å². The predicted octanol–water partition coefficient (Wildman–Crippen LogP) is 2.40. The number of morpholine rings is 1. The molecule has 0 saturated carbocycles. The Bertz CT molecular complexity index is 390. The number of halogens is 2. The van der Waals surface area contributed by atoms with E-state index in [9.17, 15) is 4.39 Å². The topological polar surface area (TPSA) is 24.5 Å². The van der Waals surface area contributed by atoms with Crippen molar-refractivity contribution >= 4 is 15.9 Å². The molecule has 1 unspecified atom stereocenters. The lowest BCUT2D eigenvalue weighted by Gasteiger charge is -2.29. The van der Waals surface area contributed by atoms with Crippen LogP contribution in [0.1, 0.15) is 12.5 Å². The van der Waals surface area contributed by atoms with E-state index in [4.69, 9.17) is 4.74 Å². The van der Waals surface area contributed by atoms with Crippen LogP contribution >= 0.6 is 15.9 Å². The summed E-state index contributed by atoms with van der Waals surface area (Å²) in [5, 5.41) is 3.43. The van der Waals surface area contributed by atoms with E-state index in [1.54, 1.807) is 6.07 Å². The molecule has 5 heteroatoms. The second-order valence-corrected chi connectivity index (χ2v) is 5.89. The van der Waals surface area contributed by atoms with Gasteiger partial charge in [-0.15, -0.1) is 0 Å². The number of nitrogens with zero attached hydrogens (tertiary/aromatic N) is 1. The zero-order valence-corrected chi connectivity index (χ0v) is 12.7. The molecule has 1 N–H and O–H groups in total. The van der Waals surface area contributed by atoms with Crippen molar-refractivity contribution < 1.29 is 9.13 Å². The zero-order chi connectivity index (χ0) is 13.7. The minimum atomic E-state index is -0.202. The van der Waals surface area contributed by atoms with Crippen molar-refractivity contribution in [3.8, 4) is 0 Å². The first-order valence-corrected chi connectivity index (χ1v) is 7.41. The van der Waals surface area contributed by atoms with Crippen LogP contribution in [0.2, 0.25) is 0 Å². The fourth-order valence-corrected chi connectivity index (χ4v) is 2.75. The van der Waals surface area contributed by atoms with Crippen LogP contribution in [-0.2, 0) is 11.3 Å². The van der Waals surface area contributed by atoms with Crippen LogP contribution < -0.4 is 5.32 Å². The van der Waals surface area contributed by atoms with E-state index in [0.717, 1.165) is 42.9 Å². The van der Waals surface area contributed by atoms with Crippen LogP contribution in [0.5, 0.6) is 0 Å². The van der Waals surface area contributed by atoms with Crippen molar-refractivity contribution in [3.05, 3.63) is 34.1 Å². The molecule has 0 spiro atoms. The molecular formula is C14H20BrFN2O. The normalized spacial score (nSPS) is 18.5. The Balaban J connectivity index is 1.77. The highest BCUT2D eigenvalue weighted by Gasteiger charge is 2.13. The van der Waals surface area contributed by atoms with E-state index >= 15 is 0 Å². The molecule has 19 heavy (non-hydrogen) atoms. The van der Waals surface area contributed by atoms with Crippen LogP contribution in [0.15, 0.2) is 22.7 Å². The Labute approximate surface area is 122 Å². The fraction of sp³-hybridized carbons (Fsp3) is 0.571. The summed E-state index contributed by atoms with van der Waals surface area (Å²) in [6.45, 7) is 7.48. The summed E-state index contributed by atoms with van der Waals surface area (Å²) in [6.07, 6.45) is 0. The molecule has 1 aromatic rings. The molecular weight excluding hydrogens is 311 g/mol. The van der Waals surface area contributed by atoms with Crippen LogP contribution in [0.25, 0.3) is 0 Å². The third-order valence-corrected chi connectivity index (χ3v) is 3.67. The van der Waals surface area contributed by atoms with Gasteiger partial charge in [-0.25, -0.2) is 4.39 Å². The molecule has 0 aromatic heterocycles. The lowest BCUT2D eigenvalue weighted by Crippen LogP contribution is -2.44. The van der Waals surface area contributed by atoms with Crippen molar-refractivity contribution in [2.24, 2.45) is 0 Å². The van der Waals surface area contributed by atoms with Gasteiger partial charge in [0.05, 0.1) is 13.2 Å². The second kappa shape index (κ2) is 7.33. The molecule has 0 amide bonds. The lowest BCUT2D eigenvalue weighted by atomic mass is 10.2. The Morgan fingerprint density at radius 2 is 2.11 bits per heavy atom. The van der Waals surface area contributed by atoms with E-state index < -0.39 is 0 Å². The quantitative estimate of drug-likeness (QED) is 0.897. The first kappa shape index (κ1) is 14.9. The molecule has 2 rings (SSSR count). The van der Waals surface area contributed by atoms with E-state index in [1.165, 1.54) is 6.07 Å². The maximum atomic E-state index is 13.2. The third kappa shape index (κ3) is 5.18. The van der Waals surface area contributed by atoms with Crippen molar-refractivity contribution in [1.29, 1.82) is 0 Å². The molecule has 1 aliphatic rings. The lowest BCUT2D eigenvalue weighted by molar-refractivity contribution is 0.0343. The molecule has 1 fully saturated rings. The predicted molar refractivity (Wildman–Crippen MR) is 77.7 cm³/mol. The van der Waals surface area contributed by atoms with Crippen molar-refractivity contribution in [3.63, 3.8) is 0 Å². The smallest absolute Gasteiger partial charge is 0.124 e. The summed E-state index contributed by atoms with van der Waals surface area (Å²) in [7, 11) is 0. The molecule has 1 aliphatic heterocycles. The first-order valence-electron chi connectivity index (χ1n) is 6.62. The minimum absolute atomic E-state index is 0.202. The van der Waals surface area contributed by atoms with Gasteiger partial charge in [0.1, 0.15) is 5.82 Å². The highest BCUT2D eigenvalue weighted by molar-refractivity contribution is 9.10. The number of benzene rings is 1. The van der Waals surface area contributed by atoms with Gasteiger partial charge in [0, 0.05) is 36.7 Å². The molecule has 106 valence electrons. The summed E-state index contributed by atoms with van der Waals surface area (Å²) in [4.78, 5) is 2.39. The Hall–Kier alpha value is -0.490.